The number of thioether (sulfide) groups is 1. The van der Waals surface area contributed by atoms with Crippen LogP contribution < -0.4 is 5.32 Å². The number of furan rings is 1. The number of ether oxygens (including phenoxy) is 2. The monoisotopic (exact) mass is 443 g/mol. The number of esters is 2. The zero-order valence-electron chi connectivity index (χ0n) is 16.4. The molecule has 0 unspecified atom stereocenters. The number of amides is 1. The Labute approximate surface area is 181 Å². The number of benzene rings is 2. The van der Waals surface area contributed by atoms with Crippen LogP contribution in [-0.2, 0) is 20.9 Å². The molecule has 7 nitrogen and oxygen atoms in total. The first kappa shape index (κ1) is 22.1. The first-order valence-corrected chi connectivity index (χ1v) is 10.1. The third kappa shape index (κ3) is 5.95. The van der Waals surface area contributed by atoms with Gasteiger partial charge < -0.3 is 19.2 Å². The summed E-state index contributed by atoms with van der Waals surface area (Å²) in [4.78, 5) is 36.9. The normalized spacial score (nSPS) is 10.4. The van der Waals surface area contributed by atoms with Gasteiger partial charge in [0.2, 0.25) is 11.7 Å². The number of anilines is 1. The van der Waals surface area contributed by atoms with Gasteiger partial charge in [-0.25, -0.2) is 14.0 Å². The summed E-state index contributed by atoms with van der Waals surface area (Å²) in [7, 11) is 1.22. The summed E-state index contributed by atoms with van der Waals surface area (Å²) < 4.78 is 27.9. The van der Waals surface area contributed by atoms with Gasteiger partial charge in [0, 0.05) is 16.1 Å². The van der Waals surface area contributed by atoms with Crippen molar-refractivity contribution in [3.8, 4) is 0 Å². The van der Waals surface area contributed by atoms with E-state index in [0.717, 1.165) is 11.8 Å². The summed E-state index contributed by atoms with van der Waals surface area (Å²) in [5.41, 5.74) is 1.13. The summed E-state index contributed by atoms with van der Waals surface area (Å²) in [5.74, 6) is -1.97. The molecule has 1 amide bonds. The van der Waals surface area contributed by atoms with E-state index < -0.39 is 17.8 Å². The Morgan fingerprint density at radius 2 is 1.77 bits per heavy atom. The van der Waals surface area contributed by atoms with Crippen LogP contribution in [0.3, 0.4) is 0 Å². The number of halogens is 1. The van der Waals surface area contributed by atoms with Crippen LogP contribution in [0.4, 0.5) is 10.1 Å². The Balaban J connectivity index is 1.60. The SMILES string of the molecule is COC(=O)c1occc1COC(=O)c1ccccc1SCC(=O)Nc1ccc(F)cc1. The minimum absolute atomic E-state index is 0.0320. The van der Waals surface area contributed by atoms with Crippen molar-refractivity contribution >= 4 is 35.3 Å². The minimum atomic E-state index is -0.667. The van der Waals surface area contributed by atoms with Gasteiger partial charge in [-0.1, -0.05) is 12.1 Å². The molecule has 0 spiro atoms. The summed E-state index contributed by atoms with van der Waals surface area (Å²) in [6, 6.07) is 13.6. The zero-order valence-corrected chi connectivity index (χ0v) is 17.2. The van der Waals surface area contributed by atoms with Gasteiger partial charge in [0.1, 0.15) is 12.4 Å². The number of carbonyl (C=O) groups is 3. The number of hydrogen-bond donors (Lipinski definition) is 1. The zero-order chi connectivity index (χ0) is 22.2. The van der Waals surface area contributed by atoms with Crippen LogP contribution >= 0.6 is 11.8 Å². The second-order valence-corrected chi connectivity index (χ2v) is 7.20. The number of hydrogen-bond acceptors (Lipinski definition) is 7. The van der Waals surface area contributed by atoms with E-state index in [9.17, 15) is 18.8 Å². The van der Waals surface area contributed by atoms with Gasteiger partial charge in [-0.15, -0.1) is 11.8 Å². The lowest BCUT2D eigenvalue weighted by molar-refractivity contribution is -0.113. The van der Waals surface area contributed by atoms with Gasteiger partial charge >= 0.3 is 11.9 Å². The maximum Gasteiger partial charge on any atom is 0.374 e. The Morgan fingerprint density at radius 1 is 1.03 bits per heavy atom. The number of methoxy groups -OCH3 is 1. The van der Waals surface area contributed by atoms with Gasteiger partial charge in [-0.3, -0.25) is 4.79 Å². The molecule has 9 heteroatoms. The van der Waals surface area contributed by atoms with Crippen molar-refractivity contribution < 1.29 is 32.7 Å². The number of carbonyl (C=O) groups excluding carboxylic acids is 3. The first-order chi connectivity index (χ1) is 15.0. The predicted molar refractivity (Wildman–Crippen MR) is 111 cm³/mol. The van der Waals surface area contributed by atoms with Gasteiger partial charge in [-0.05, 0) is 42.5 Å². The lowest BCUT2D eigenvalue weighted by Gasteiger charge is -2.10. The molecule has 0 bridgehead atoms. The Bertz CT molecular complexity index is 1080. The van der Waals surface area contributed by atoms with Gasteiger partial charge in [0.05, 0.1) is 24.7 Å². The molecular formula is C22H18FNO6S. The molecule has 31 heavy (non-hydrogen) atoms. The van der Waals surface area contributed by atoms with Crippen molar-refractivity contribution in [2.45, 2.75) is 11.5 Å². The van der Waals surface area contributed by atoms with E-state index >= 15 is 0 Å². The van der Waals surface area contributed by atoms with Gasteiger partial charge in [0.15, 0.2) is 0 Å². The van der Waals surface area contributed by atoms with Crippen LogP contribution in [0.25, 0.3) is 0 Å². The molecule has 0 radical (unpaired) electrons. The van der Waals surface area contributed by atoms with Crippen molar-refractivity contribution in [3.63, 3.8) is 0 Å². The maximum atomic E-state index is 13.0. The fourth-order valence-electron chi connectivity index (χ4n) is 2.58. The lowest BCUT2D eigenvalue weighted by atomic mass is 10.2. The standard InChI is InChI=1S/C22H18FNO6S/c1-28-22(27)20-14(10-11-29-20)12-30-21(26)17-4-2-3-5-18(17)31-13-19(25)24-16-8-6-15(23)7-9-16/h2-11H,12-13H2,1H3,(H,24,25). The lowest BCUT2D eigenvalue weighted by Crippen LogP contribution is -2.14. The number of nitrogens with one attached hydrogen (secondary N) is 1. The summed E-state index contributed by atoms with van der Waals surface area (Å²) in [6.07, 6.45) is 1.30. The highest BCUT2D eigenvalue weighted by atomic mass is 32.2. The fraction of sp³-hybridized carbons (Fsp3) is 0.136. The van der Waals surface area contributed by atoms with E-state index in [4.69, 9.17) is 9.15 Å². The van der Waals surface area contributed by atoms with Crippen LogP contribution in [0.15, 0.2) is 70.2 Å². The minimum Gasteiger partial charge on any atom is -0.463 e. The molecule has 0 atom stereocenters. The van der Waals surface area contributed by atoms with Crippen LogP contribution in [-0.4, -0.2) is 30.7 Å². The second-order valence-electron chi connectivity index (χ2n) is 6.18. The highest BCUT2D eigenvalue weighted by Gasteiger charge is 2.19. The third-order valence-corrected chi connectivity index (χ3v) is 5.14. The maximum absolute atomic E-state index is 13.0. The van der Waals surface area contributed by atoms with Crippen molar-refractivity contribution in [1.29, 1.82) is 0 Å². The van der Waals surface area contributed by atoms with Crippen molar-refractivity contribution in [1.82, 2.24) is 0 Å². The predicted octanol–water partition coefficient (Wildman–Crippen LogP) is 4.29. The number of rotatable bonds is 8. The molecule has 2 aromatic carbocycles. The molecule has 3 rings (SSSR count). The summed E-state index contributed by atoms with van der Waals surface area (Å²) >= 11 is 1.16. The van der Waals surface area contributed by atoms with Crippen LogP contribution in [0.5, 0.6) is 0 Å². The fourth-order valence-corrected chi connectivity index (χ4v) is 3.42. The van der Waals surface area contributed by atoms with E-state index in [-0.39, 0.29) is 29.6 Å². The van der Waals surface area contributed by atoms with Gasteiger partial charge in [0.25, 0.3) is 0 Å². The first-order valence-electron chi connectivity index (χ1n) is 9.07. The van der Waals surface area contributed by atoms with Crippen LogP contribution in [0.2, 0.25) is 0 Å². The van der Waals surface area contributed by atoms with Crippen molar-refractivity contribution in [2.24, 2.45) is 0 Å². The molecular weight excluding hydrogens is 425 g/mol. The second kappa shape index (κ2) is 10.4. The highest BCUT2D eigenvalue weighted by molar-refractivity contribution is 8.00. The Morgan fingerprint density at radius 3 is 2.52 bits per heavy atom. The van der Waals surface area contributed by atoms with E-state index in [1.807, 2.05) is 0 Å². The molecule has 1 aromatic heterocycles. The molecule has 0 saturated carbocycles. The molecule has 3 aromatic rings. The molecule has 160 valence electrons. The summed E-state index contributed by atoms with van der Waals surface area (Å²) in [6.45, 7) is -0.177. The van der Waals surface area contributed by atoms with Gasteiger partial charge in [-0.2, -0.15) is 0 Å². The van der Waals surface area contributed by atoms with E-state index in [2.05, 4.69) is 10.1 Å². The molecule has 0 aliphatic heterocycles. The average molecular weight is 443 g/mol. The molecule has 1 heterocycles. The average Bonchev–Trinajstić information content (AvgIpc) is 3.26. The topological polar surface area (TPSA) is 94.8 Å². The van der Waals surface area contributed by atoms with Crippen molar-refractivity contribution in [2.75, 3.05) is 18.2 Å². The Hall–Kier alpha value is -3.59. The largest absolute Gasteiger partial charge is 0.463 e. The molecule has 0 aliphatic rings. The molecule has 0 fully saturated rings. The molecule has 1 N–H and O–H groups in total. The Kier molecular flexibility index (Phi) is 7.45. The smallest absolute Gasteiger partial charge is 0.374 e. The summed E-state index contributed by atoms with van der Waals surface area (Å²) in [5, 5.41) is 2.66. The quantitative estimate of drug-likeness (QED) is 0.410. The van der Waals surface area contributed by atoms with E-state index in [1.54, 1.807) is 24.3 Å². The highest BCUT2D eigenvalue weighted by Crippen LogP contribution is 2.24. The molecule has 0 aliphatic carbocycles. The van der Waals surface area contributed by atoms with E-state index in [1.165, 1.54) is 43.7 Å². The molecule has 0 saturated heterocycles. The van der Waals surface area contributed by atoms with Crippen LogP contribution in [0, 0.1) is 5.82 Å². The third-order valence-electron chi connectivity index (χ3n) is 4.07. The van der Waals surface area contributed by atoms with E-state index in [0.29, 0.717) is 16.1 Å². The van der Waals surface area contributed by atoms with Crippen molar-refractivity contribution in [3.05, 3.63) is 83.6 Å². The van der Waals surface area contributed by atoms with Crippen LogP contribution in [0.1, 0.15) is 26.5 Å².